The van der Waals surface area contributed by atoms with Crippen LogP contribution in [0.25, 0.3) is 0 Å². The third-order valence-electron chi connectivity index (χ3n) is 4.82. The number of nitrogens with two attached hydrogens (primary N) is 1. The summed E-state index contributed by atoms with van der Waals surface area (Å²) in [6, 6.07) is 5.28. The van der Waals surface area contributed by atoms with Gasteiger partial charge in [-0.2, -0.15) is 0 Å². The summed E-state index contributed by atoms with van der Waals surface area (Å²) in [5, 5.41) is 2.96. The molecule has 3 N–H and O–H groups in total. The lowest BCUT2D eigenvalue weighted by Crippen LogP contribution is -2.52. The molecule has 2 aliphatic rings. The molecule has 0 bridgehead atoms. The van der Waals surface area contributed by atoms with Crippen LogP contribution in [0.4, 0.5) is 5.69 Å². The van der Waals surface area contributed by atoms with Crippen molar-refractivity contribution < 1.29 is 14.3 Å². The van der Waals surface area contributed by atoms with E-state index in [1.54, 1.807) is 4.90 Å². The molecule has 1 aromatic rings. The molecule has 2 amide bonds. The average Bonchev–Trinajstić information content (AvgIpc) is 3.08. The van der Waals surface area contributed by atoms with Crippen LogP contribution < -0.4 is 15.8 Å². The van der Waals surface area contributed by atoms with Crippen molar-refractivity contribution >= 4 is 17.5 Å². The number of benzene rings is 1. The third kappa shape index (κ3) is 3.38. The standard InChI is InChI=1S/C18H25N3O3/c1-12(11-19)18(23)21-8-3-2-4-15(21)17(22)20-14-5-6-16-13(10-14)7-9-24-16/h5-6,10,12,15H,2-4,7-9,11,19H2,1H3,(H,20,22). The Morgan fingerprint density at radius 3 is 3.04 bits per heavy atom. The van der Waals surface area contributed by atoms with Crippen molar-refractivity contribution in [2.45, 2.75) is 38.6 Å². The molecule has 3 rings (SSSR count). The van der Waals surface area contributed by atoms with Crippen molar-refractivity contribution in [2.24, 2.45) is 11.7 Å². The quantitative estimate of drug-likeness (QED) is 0.876. The second-order valence-corrected chi connectivity index (χ2v) is 6.59. The van der Waals surface area contributed by atoms with Gasteiger partial charge in [0.25, 0.3) is 0 Å². The van der Waals surface area contributed by atoms with Crippen molar-refractivity contribution in [2.75, 3.05) is 25.0 Å². The number of ether oxygens (including phenoxy) is 1. The van der Waals surface area contributed by atoms with Gasteiger partial charge in [0.2, 0.25) is 11.8 Å². The van der Waals surface area contributed by atoms with E-state index in [4.69, 9.17) is 10.5 Å². The minimum Gasteiger partial charge on any atom is -0.493 e. The Hall–Kier alpha value is -2.08. The zero-order chi connectivity index (χ0) is 17.1. The van der Waals surface area contributed by atoms with Crippen LogP contribution in [0, 0.1) is 5.92 Å². The van der Waals surface area contributed by atoms with Gasteiger partial charge in [0.05, 0.1) is 6.61 Å². The molecule has 0 radical (unpaired) electrons. The predicted molar refractivity (Wildman–Crippen MR) is 91.8 cm³/mol. The molecule has 0 saturated carbocycles. The Bertz CT molecular complexity index is 632. The van der Waals surface area contributed by atoms with E-state index in [1.165, 1.54) is 0 Å². The van der Waals surface area contributed by atoms with Gasteiger partial charge < -0.3 is 20.7 Å². The maximum absolute atomic E-state index is 12.7. The lowest BCUT2D eigenvalue weighted by molar-refractivity contribution is -0.143. The number of nitrogens with one attached hydrogen (secondary N) is 1. The smallest absolute Gasteiger partial charge is 0.247 e. The van der Waals surface area contributed by atoms with E-state index in [2.05, 4.69) is 5.32 Å². The molecule has 0 spiro atoms. The topological polar surface area (TPSA) is 84.7 Å². The Morgan fingerprint density at radius 1 is 1.42 bits per heavy atom. The van der Waals surface area contributed by atoms with Crippen molar-refractivity contribution in [1.82, 2.24) is 4.90 Å². The number of carbonyl (C=O) groups excluding carboxylic acids is 2. The molecule has 2 heterocycles. The maximum atomic E-state index is 12.7. The van der Waals surface area contributed by atoms with Crippen LogP contribution in [0.3, 0.4) is 0 Å². The molecule has 2 aliphatic heterocycles. The van der Waals surface area contributed by atoms with Gasteiger partial charge in [0, 0.05) is 31.1 Å². The van der Waals surface area contributed by atoms with Crippen molar-refractivity contribution in [3.63, 3.8) is 0 Å². The van der Waals surface area contributed by atoms with E-state index in [1.807, 2.05) is 25.1 Å². The molecule has 1 fully saturated rings. The van der Waals surface area contributed by atoms with Gasteiger partial charge >= 0.3 is 0 Å². The van der Waals surface area contributed by atoms with Crippen LogP contribution in [0.1, 0.15) is 31.7 Å². The minimum absolute atomic E-state index is 0.0281. The minimum atomic E-state index is -0.412. The highest BCUT2D eigenvalue weighted by molar-refractivity contribution is 5.97. The second-order valence-electron chi connectivity index (χ2n) is 6.59. The van der Waals surface area contributed by atoms with Gasteiger partial charge in [-0.25, -0.2) is 0 Å². The first-order valence-electron chi connectivity index (χ1n) is 8.67. The molecule has 2 atom stereocenters. The van der Waals surface area contributed by atoms with Crippen LogP contribution in [-0.2, 0) is 16.0 Å². The monoisotopic (exact) mass is 331 g/mol. The molecule has 2 unspecified atom stereocenters. The summed E-state index contributed by atoms with van der Waals surface area (Å²) in [5.41, 5.74) is 7.49. The number of likely N-dealkylation sites (tertiary alicyclic amines) is 1. The van der Waals surface area contributed by atoms with E-state index >= 15 is 0 Å². The number of hydrogen-bond donors (Lipinski definition) is 2. The fraction of sp³-hybridized carbons (Fsp3) is 0.556. The summed E-state index contributed by atoms with van der Waals surface area (Å²) in [7, 11) is 0. The van der Waals surface area contributed by atoms with Gasteiger partial charge in [0.1, 0.15) is 11.8 Å². The molecule has 1 aromatic carbocycles. The van der Waals surface area contributed by atoms with Crippen molar-refractivity contribution in [3.05, 3.63) is 23.8 Å². The largest absolute Gasteiger partial charge is 0.493 e. The van der Waals surface area contributed by atoms with E-state index < -0.39 is 6.04 Å². The number of anilines is 1. The van der Waals surface area contributed by atoms with Crippen molar-refractivity contribution in [1.29, 1.82) is 0 Å². The normalized spacial score (nSPS) is 20.9. The van der Waals surface area contributed by atoms with Crippen LogP contribution in [0.2, 0.25) is 0 Å². The van der Waals surface area contributed by atoms with Gasteiger partial charge in [0.15, 0.2) is 0 Å². The Labute approximate surface area is 142 Å². The summed E-state index contributed by atoms with van der Waals surface area (Å²) in [6.07, 6.45) is 3.45. The summed E-state index contributed by atoms with van der Waals surface area (Å²) in [4.78, 5) is 26.9. The Kier molecular flexibility index (Phi) is 5.04. The highest BCUT2D eigenvalue weighted by Crippen LogP contribution is 2.28. The lowest BCUT2D eigenvalue weighted by atomic mass is 9.98. The maximum Gasteiger partial charge on any atom is 0.247 e. The fourth-order valence-electron chi connectivity index (χ4n) is 3.34. The van der Waals surface area contributed by atoms with Crippen LogP contribution in [0.15, 0.2) is 18.2 Å². The number of carbonyl (C=O) groups is 2. The number of fused-ring (bicyclic) bond motifs is 1. The van der Waals surface area contributed by atoms with E-state index in [9.17, 15) is 9.59 Å². The number of piperidine rings is 1. The van der Waals surface area contributed by atoms with Gasteiger partial charge in [-0.15, -0.1) is 0 Å². The molecule has 130 valence electrons. The predicted octanol–water partition coefficient (Wildman–Crippen LogP) is 1.54. The highest BCUT2D eigenvalue weighted by Gasteiger charge is 2.33. The zero-order valence-electron chi connectivity index (χ0n) is 14.1. The van der Waals surface area contributed by atoms with Crippen LogP contribution >= 0.6 is 0 Å². The van der Waals surface area contributed by atoms with Gasteiger partial charge in [-0.1, -0.05) is 6.92 Å². The SMILES string of the molecule is CC(CN)C(=O)N1CCCCC1C(=O)Nc1ccc2c(c1)CCO2. The Morgan fingerprint density at radius 2 is 2.25 bits per heavy atom. The third-order valence-corrected chi connectivity index (χ3v) is 4.82. The Balaban J connectivity index is 1.71. The van der Waals surface area contributed by atoms with E-state index in [0.29, 0.717) is 26.1 Å². The molecule has 6 nitrogen and oxygen atoms in total. The first-order chi connectivity index (χ1) is 11.6. The number of nitrogens with zero attached hydrogens (tertiary/aromatic N) is 1. The number of amides is 2. The fourth-order valence-corrected chi connectivity index (χ4v) is 3.34. The summed E-state index contributed by atoms with van der Waals surface area (Å²) in [6.45, 7) is 3.43. The van der Waals surface area contributed by atoms with Crippen molar-refractivity contribution in [3.8, 4) is 5.75 Å². The molecule has 1 saturated heterocycles. The second kappa shape index (κ2) is 7.21. The van der Waals surface area contributed by atoms with Gasteiger partial charge in [-0.05, 0) is 43.0 Å². The number of hydrogen-bond acceptors (Lipinski definition) is 4. The molecular weight excluding hydrogens is 306 g/mol. The average molecular weight is 331 g/mol. The zero-order valence-corrected chi connectivity index (χ0v) is 14.1. The lowest BCUT2D eigenvalue weighted by Gasteiger charge is -2.36. The molecule has 0 aliphatic carbocycles. The first kappa shape index (κ1) is 16.8. The summed E-state index contributed by atoms with van der Waals surface area (Å²) in [5.74, 6) is 0.487. The highest BCUT2D eigenvalue weighted by atomic mass is 16.5. The van der Waals surface area contributed by atoms with E-state index in [-0.39, 0.29) is 17.7 Å². The van der Waals surface area contributed by atoms with Crippen LogP contribution in [-0.4, -0.2) is 42.5 Å². The van der Waals surface area contributed by atoms with E-state index in [0.717, 1.165) is 36.3 Å². The molecule has 0 aromatic heterocycles. The molecule has 6 heteroatoms. The van der Waals surface area contributed by atoms with Gasteiger partial charge in [-0.3, -0.25) is 9.59 Å². The molecule has 24 heavy (non-hydrogen) atoms. The molecular formula is C18H25N3O3. The van der Waals surface area contributed by atoms with Crippen LogP contribution in [0.5, 0.6) is 5.75 Å². The summed E-state index contributed by atoms with van der Waals surface area (Å²) < 4.78 is 5.48. The number of rotatable bonds is 4. The summed E-state index contributed by atoms with van der Waals surface area (Å²) >= 11 is 0. The first-order valence-corrected chi connectivity index (χ1v) is 8.67.